The normalized spacial score (nSPS) is 14.2. The molecule has 33 heavy (non-hydrogen) atoms. The molecule has 0 aromatic carbocycles. The molecule has 4 rings (SSSR count). The van der Waals surface area contributed by atoms with Crippen LogP contribution in [-0.4, -0.2) is 42.8 Å². The number of rotatable bonds is 7. The number of halogens is 2. The molecule has 1 fully saturated rings. The van der Waals surface area contributed by atoms with Gasteiger partial charge in [-0.05, 0) is 49.2 Å². The molecule has 0 amide bonds. The zero-order valence-corrected chi connectivity index (χ0v) is 19.0. The number of alkyl halides is 2. The summed E-state index contributed by atoms with van der Waals surface area (Å²) in [5.41, 5.74) is 2.63. The lowest BCUT2D eigenvalue weighted by molar-refractivity contribution is 0.00831. The van der Waals surface area contributed by atoms with E-state index in [0.717, 1.165) is 17.4 Å². The topological polar surface area (TPSA) is 103 Å². The molecule has 1 aliphatic heterocycles. The molecule has 0 radical (unpaired) electrons. The van der Waals surface area contributed by atoms with Gasteiger partial charge in [-0.2, -0.15) is 0 Å². The van der Waals surface area contributed by atoms with Crippen LogP contribution in [0.4, 0.5) is 14.5 Å². The second kappa shape index (κ2) is 8.99. The van der Waals surface area contributed by atoms with Crippen molar-refractivity contribution in [3.8, 4) is 22.9 Å². The molecule has 8 nitrogen and oxygen atoms in total. The van der Waals surface area contributed by atoms with Crippen LogP contribution in [0.15, 0.2) is 36.7 Å². The number of ether oxygens (including phenoxy) is 2. The fourth-order valence-electron chi connectivity index (χ4n) is 3.42. The lowest BCUT2D eigenvalue weighted by Crippen LogP contribution is -2.25. The summed E-state index contributed by atoms with van der Waals surface area (Å²) in [5, 5.41) is 0. The number of anilines is 1. The Kier molecular flexibility index (Phi) is 6.26. The zero-order chi connectivity index (χ0) is 23.8. The smallest absolute Gasteiger partial charge is 0.280 e. The largest absolute Gasteiger partial charge is 0.435 e. The number of pyridine rings is 3. The molecule has 1 aliphatic rings. The van der Waals surface area contributed by atoms with Gasteiger partial charge in [0, 0.05) is 23.9 Å². The molecule has 0 bridgehead atoms. The number of hydrogen-bond donors (Lipinski definition) is 1. The van der Waals surface area contributed by atoms with Crippen LogP contribution in [0.3, 0.4) is 0 Å². The quantitative estimate of drug-likeness (QED) is 0.540. The molecule has 4 heterocycles. The monoisotopic (exact) mass is 476 g/mol. The molecule has 0 saturated carbocycles. The average Bonchev–Trinajstić information content (AvgIpc) is 2.69. The van der Waals surface area contributed by atoms with Crippen LogP contribution < -0.4 is 9.46 Å². The lowest BCUT2D eigenvalue weighted by atomic mass is 9.97. The van der Waals surface area contributed by atoms with E-state index in [1.54, 1.807) is 25.4 Å². The Labute approximate surface area is 190 Å². The van der Waals surface area contributed by atoms with Crippen molar-refractivity contribution in [1.82, 2.24) is 15.0 Å². The summed E-state index contributed by atoms with van der Waals surface area (Å²) < 4.78 is 63.5. The molecule has 0 aliphatic carbocycles. The van der Waals surface area contributed by atoms with E-state index in [-0.39, 0.29) is 34.6 Å². The first-order valence-electron chi connectivity index (χ1n) is 10.1. The molecule has 1 N–H and O–H groups in total. The number of aromatic nitrogens is 3. The SMILES string of the molecule is Cc1cc(C(F)F)nc(C)c1Oc1nc(-c2cncc(C3COC3)c2)ccc1NS(C)(=O)=O. The Balaban J connectivity index is 1.75. The molecular weight excluding hydrogens is 454 g/mol. The average molecular weight is 477 g/mol. The van der Waals surface area contributed by atoms with Gasteiger partial charge in [0.25, 0.3) is 6.43 Å². The van der Waals surface area contributed by atoms with Crippen LogP contribution in [0.2, 0.25) is 0 Å². The predicted octanol–water partition coefficient (Wildman–Crippen LogP) is 4.37. The van der Waals surface area contributed by atoms with Crippen molar-refractivity contribution in [2.24, 2.45) is 0 Å². The van der Waals surface area contributed by atoms with E-state index in [0.29, 0.717) is 24.5 Å². The van der Waals surface area contributed by atoms with E-state index in [1.807, 2.05) is 6.07 Å². The molecule has 1 saturated heterocycles. The number of hydrogen-bond acceptors (Lipinski definition) is 7. The first-order valence-corrected chi connectivity index (χ1v) is 12.0. The molecule has 174 valence electrons. The van der Waals surface area contributed by atoms with Crippen LogP contribution in [0.5, 0.6) is 11.6 Å². The second-order valence-electron chi connectivity index (χ2n) is 7.85. The Morgan fingerprint density at radius 2 is 1.91 bits per heavy atom. The van der Waals surface area contributed by atoms with Gasteiger partial charge in [0.05, 0.1) is 30.9 Å². The number of nitrogens with one attached hydrogen (secondary N) is 1. The van der Waals surface area contributed by atoms with Gasteiger partial charge in [0.1, 0.15) is 11.4 Å². The Morgan fingerprint density at radius 3 is 2.52 bits per heavy atom. The summed E-state index contributed by atoms with van der Waals surface area (Å²) in [6.45, 7) is 4.40. The van der Waals surface area contributed by atoms with Gasteiger partial charge in [-0.15, -0.1) is 0 Å². The molecule has 3 aromatic heterocycles. The van der Waals surface area contributed by atoms with E-state index in [9.17, 15) is 17.2 Å². The van der Waals surface area contributed by atoms with E-state index in [1.165, 1.54) is 19.1 Å². The number of nitrogens with zero attached hydrogens (tertiary/aromatic N) is 3. The third-order valence-corrected chi connectivity index (χ3v) is 5.68. The van der Waals surface area contributed by atoms with Gasteiger partial charge in [-0.3, -0.25) is 9.71 Å². The van der Waals surface area contributed by atoms with Crippen LogP contribution in [-0.2, 0) is 14.8 Å². The first kappa shape index (κ1) is 23.0. The number of sulfonamides is 1. The van der Waals surface area contributed by atoms with Crippen LogP contribution in [0.25, 0.3) is 11.3 Å². The molecule has 0 spiro atoms. The minimum Gasteiger partial charge on any atom is -0.435 e. The summed E-state index contributed by atoms with van der Waals surface area (Å²) >= 11 is 0. The van der Waals surface area contributed by atoms with Crippen molar-refractivity contribution in [3.05, 3.63) is 59.2 Å². The van der Waals surface area contributed by atoms with Crippen molar-refractivity contribution < 1.29 is 26.7 Å². The maximum absolute atomic E-state index is 13.1. The lowest BCUT2D eigenvalue weighted by Gasteiger charge is -2.26. The third-order valence-electron chi connectivity index (χ3n) is 5.09. The minimum atomic E-state index is -3.63. The maximum atomic E-state index is 13.1. The Hall–Kier alpha value is -3.18. The van der Waals surface area contributed by atoms with E-state index in [2.05, 4.69) is 19.7 Å². The Morgan fingerprint density at radius 1 is 1.15 bits per heavy atom. The number of aryl methyl sites for hydroxylation is 2. The van der Waals surface area contributed by atoms with Gasteiger partial charge in [0.2, 0.25) is 15.9 Å². The summed E-state index contributed by atoms with van der Waals surface area (Å²) in [5.74, 6) is 0.455. The second-order valence-corrected chi connectivity index (χ2v) is 9.59. The van der Waals surface area contributed by atoms with Crippen molar-refractivity contribution >= 4 is 15.7 Å². The molecule has 11 heteroatoms. The van der Waals surface area contributed by atoms with Crippen molar-refractivity contribution in [1.29, 1.82) is 0 Å². The van der Waals surface area contributed by atoms with Gasteiger partial charge < -0.3 is 9.47 Å². The summed E-state index contributed by atoms with van der Waals surface area (Å²) in [4.78, 5) is 12.7. The highest BCUT2D eigenvalue weighted by atomic mass is 32.2. The predicted molar refractivity (Wildman–Crippen MR) is 118 cm³/mol. The van der Waals surface area contributed by atoms with Gasteiger partial charge in [-0.1, -0.05) is 0 Å². The molecule has 3 aromatic rings. The van der Waals surface area contributed by atoms with Crippen LogP contribution >= 0.6 is 0 Å². The summed E-state index contributed by atoms with van der Waals surface area (Å²) in [6, 6.07) is 6.36. The summed E-state index contributed by atoms with van der Waals surface area (Å²) in [7, 11) is -3.63. The Bertz CT molecular complexity index is 1270. The van der Waals surface area contributed by atoms with Gasteiger partial charge in [-0.25, -0.2) is 27.2 Å². The van der Waals surface area contributed by atoms with Gasteiger partial charge >= 0.3 is 0 Å². The molecular formula is C22H22F2N4O4S. The van der Waals surface area contributed by atoms with Crippen molar-refractivity contribution in [2.75, 3.05) is 24.2 Å². The molecule has 0 unspecified atom stereocenters. The fourth-order valence-corrected chi connectivity index (χ4v) is 3.97. The highest BCUT2D eigenvalue weighted by Crippen LogP contribution is 2.36. The van der Waals surface area contributed by atoms with Crippen molar-refractivity contribution in [2.45, 2.75) is 26.2 Å². The highest BCUT2D eigenvalue weighted by Gasteiger charge is 2.22. The van der Waals surface area contributed by atoms with Crippen LogP contribution in [0.1, 0.15) is 34.9 Å². The third kappa shape index (κ3) is 5.25. The molecule has 0 atom stereocenters. The first-order chi connectivity index (χ1) is 15.6. The van der Waals surface area contributed by atoms with E-state index >= 15 is 0 Å². The van der Waals surface area contributed by atoms with Crippen LogP contribution in [0, 0.1) is 13.8 Å². The van der Waals surface area contributed by atoms with Crippen molar-refractivity contribution in [3.63, 3.8) is 0 Å². The van der Waals surface area contributed by atoms with E-state index < -0.39 is 16.4 Å². The zero-order valence-electron chi connectivity index (χ0n) is 18.2. The fraction of sp³-hybridized carbons (Fsp3) is 0.318. The maximum Gasteiger partial charge on any atom is 0.280 e. The van der Waals surface area contributed by atoms with Gasteiger partial charge in [0.15, 0.2) is 5.75 Å². The van der Waals surface area contributed by atoms with E-state index in [4.69, 9.17) is 9.47 Å². The highest BCUT2D eigenvalue weighted by molar-refractivity contribution is 7.92. The standard InChI is InChI=1S/C22H22F2N4O4S/c1-12-6-19(21(23)24)26-13(2)20(12)32-22-18(28-33(3,29)30)5-4-17(27-22)15-7-14(8-25-9-15)16-10-31-11-16/h4-9,16,21,28H,10-11H2,1-3H3. The summed E-state index contributed by atoms with van der Waals surface area (Å²) in [6.07, 6.45) is 1.71. The minimum absolute atomic E-state index is 0.0342.